The van der Waals surface area contributed by atoms with Gasteiger partial charge < -0.3 is 5.73 Å². The molecule has 0 fully saturated rings. The van der Waals surface area contributed by atoms with Gasteiger partial charge in [0, 0.05) is 6.04 Å². The molecule has 2 aromatic rings. The number of fused-ring (bicyclic) bond motifs is 1. The molecule has 0 spiro atoms. The molecule has 0 aromatic heterocycles. The number of benzene rings is 2. The Morgan fingerprint density at radius 1 is 0.947 bits per heavy atom. The maximum Gasteiger partial charge on any atom is 0.0300 e. The lowest BCUT2D eigenvalue weighted by Gasteiger charge is -2.12. The van der Waals surface area contributed by atoms with Gasteiger partial charge >= 0.3 is 0 Å². The first-order valence-electron chi connectivity index (χ1n) is 7.03. The molecule has 0 saturated heterocycles. The molecule has 0 radical (unpaired) electrons. The van der Waals surface area contributed by atoms with Crippen molar-refractivity contribution in [1.82, 2.24) is 0 Å². The van der Waals surface area contributed by atoms with Crippen LogP contribution in [0.5, 0.6) is 0 Å². The Morgan fingerprint density at radius 3 is 2.47 bits per heavy atom. The minimum atomic E-state index is 0.241. The molecule has 2 N–H and O–H groups in total. The maximum atomic E-state index is 6.11. The summed E-state index contributed by atoms with van der Waals surface area (Å²) in [6.45, 7) is 6.55. The van der Waals surface area contributed by atoms with E-state index in [0.29, 0.717) is 0 Å². The van der Waals surface area contributed by atoms with E-state index in [9.17, 15) is 0 Å². The Hall–Kier alpha value is -1.60. The highest BCUT2D eigenvalue weighted by Gasteiger charge is 2.19. The molecule has 0 bridgehead atoms. The van der Waals surface area contributed by atoms with Gasteiger partial charge in [-0.1, -0.05) is 30.3 Å². The molecule has 1 aliphatic carbocycles. The van der Waals surface area contributed by atoms with E-state index in [-0.39, 0.29) is 6.04 Å². The van der Waals surface area contributed by atoms with E-state index in [1.165, 1.54) is 38.9 Å². The zero-order valence-electron chi connectivity index (χ0n) is 12.0. The fourth-order valence-corrected chi connectivity index (χ4v) is 3.09. The van der Waals surface area contributed by atoms with Crippen molar-refractivity contribution in [3.05, 3.63) is 58.1 Å². The fraction of sp³-hybridized carbons (Fsp3) is 0.333. The number of hydrogen-bond donors (Lipinski definition) is 1. The van der Waals surface area contributed by atoms with Gasteiger partial charge in [0.25, 0.3) is 0 Å². The molecular weight excluding hydrogens is 230 g/mol. The van der Waals surface area contributed by atoms with Crippen LogP contribution in [0.25, 0.3) is 11.1 Å². The van der Waals surface area contributed by atoms with Crippen molar-refractivity contribution >= 4 is 0 Å². The quantitative estimate of drug-likeness (QED) is 0.806. The maximum absolute atomic E-state index is 6.11. The van der Waals surface area contributed by atoms with Gasteiger partial charge in [-0.05, 0) is 72.6 Å². The molecule has 0 aliphatic heterocycles. The number of nitrogens with two attached hydrogens (primary N) is 1. The monoisotopic (exact) mass is 251 g/mol. The van der Waals surface area contributed by atoms with Crippen LogP contribution in [0.1, 0.15) is 40.3 Å². The van der Waals surface area contributed by atoms with Gasteiger partial charge in [0.05, 0.1) is 0 Å². The normalized spacial score (nSPS) is 17.6. The van der Waals surface area contributed by atoms with Crippen molar-refractivity contribution in [2.24, 2.45) is 5.73 Å². The SMILES string of the molecule is Cc1cc(C)c(-c2ccc3c(c2)CCC3N)cc1C. The second-order valence-corrected chi connectivity index (χ2v) is 5.81. The van der Waals surface area contributed by atoms with Crippen molar-refractivity contribution in [3.63, 3.8) is 0 Å². The van der Waals surface area contributed by atoms with E-state index < -0.39 is 0 Å². The highest BCUT2D eigenvalue weighted by Crippen LogP contribution is 2.34. The summed E-state index contributed by atoms with van der Waals surface area (Å²) in [7, 11) is 0. The summed E-state index contributed by atoms with van der Waals surface area (Å²) in [5.41, 5.74) is 15.6. The Kier molecular flexibility index (Phi) is 2.94. The van der Waals surface area contributed by atoms with E-state index >= 15 is 0 Å². The summed E-state index contributed by atoms with van der Waals surface area (Å²) < 4.78 is 0. The predicted molar refractivity (Wildman–Crippen MR) is 81.3 cm³/mol. The minimum absolute atomic E-state index is 0.241. The van der Waals surface area contributed by atoms with Crippen LogP contribution in [0, 0.1) is 20.8 Å². The Balaban J connectivity index is 2.11. The third kappa shape index (κ3) is 2.08. The van der Waals surface area contributed by atoms with Crippen molar-refractivity contribution in [3.8, 4) is 11.1 Å². The van der Waals surface area contributed by atoms with Crippen molar-refractivity contribution < 1.29 is 0 Å². The molecule has 98 valence electrons. The number of rotatable bonds is 1. The molecule has 0 saturated carbocycles. The summed E-state index contributed by atoms with van der Waals surface area (Å²) in [6, 6.07) is 11.6. The first kappa shape index (κ1) is 12.4. The zero-order valence-corrected chi connectivity index (χ0v) is 12.0. The number of hydrogen-bond acceptors (Lipinski definition) is 1. The standard InChI is InChI=1S/C18H21N/c1-11-8-13(3)17(9-12(11)2)15-4-6-16-14(10-15)5-7-18(16)19/h4,6,8-10,18H,5,7,19H2,1-3H3. The van der Waals surface area contributed by atoms with E-state index in [1.807, 2.05) is 0 Å². The van der Waals surface area contributed by atoms with Crippen molar-refractivity contribution in [2.45, 2.75) is 39.7 Å². The first-order chi connectivity index (χ1) is 9.06. The van der Waals surface area contributed by atoms with Crippen LogP contribution in [0.15, 0.2) is 30.3 Å². The summed E-state index contributed by atoms with van der Waals surface area (Å²) in [5.74, 6) is 0. The molecule has 1 nitrogen and oxygen atoms in total. The molecule has 1 aliphatic rings. The third-order valence-electron chi connectivity index (χ3n) is 4.42. The average molecular weight is 251 g/mol. The van der Waals surface area contributed by atoms with Gasteiger partial charge in [-0.25, -0.2) is 0 Å². The van der Waals surface area contributed by atoms with Gasteiger partial charge in [0.15, 0.2) is 0 Å². The average Bonchev–Trinajstić information content (AvgIpc) is 2.75. The summed E-state index contributed by atoms with van der Waals surface area (Å²) in [4.78, 5) is 0. The van der Waals surface area contributed by atoms with Crippen LogP contribution in [0.3, 0.4) is 0 Å². The molecular formula is C18H21N. The van der Waals surface area contributed by atoms with Gasteiger partial charge in [-0.2, -0.15) is 0 Å². The smallest absolute Gasteiger partial charge is 0.0300 e. The topological polar surface area (TPSA) is 26.0 Å². The summed E-state index contributed by atoms with van der Waals surface area (Å²) in [5, 5.41) is 0. The first-order valence-corrected chi connectivity index (χ1v) is 7.03. The molecule has 1 unspecified atom stereocenters. The largest absolute Gasteiger partial charge is 0.324 e. The Labute approximate surface area is 115 Å². The zero-order chi connectivity index (χ0) is 13.6. The van der Waals surface area contributed by atoms with Crippen LogP contribution in [-0.4, -0.2) is 0 Å². The van der Waals surface area contributed by atoms with E-state index in [2.05, 4.69) is 51.1 Å². The Bertz CT molecular complexity index is 640. The second kappa shape index (κ2) is 4.50. The van der Waals surface area contributed by atoms with Crippen LogP contribution < -0.4 is 5.73 Å². The third-order valence-corrected chi connectivity index (χ3v) is 4.42. The lowest BCUT2D eigenvalue weighted by atomic mass is 9.93. The molecule has 19 heavy (non-hydrogen) atoms. The van der Waals surface area contributed by atoms with Gasteiger partial charge in [0.2, 0.25) is 0 Å². The molecule has 3 rings (SSSR count). The molecule has 0 heterocycles. The van der Waals surface area contributed by atoms with Gasteiger partial charge in [-0.15, -0.1) is 0 Å². The van der Waals surface area contributed by atoms with Crippen molar-refractivity contribution in [1.29, 1.82) is 0 Å². The van der Waals surface area contributed by atoms with E-state index in [0.717, 1.165) is 12.8 Å². The van der Waals surface area contributed by atoms with Gasteiger partial charge in [0.1, 0.15) is 0 Å². The van der Waals surface area contributed by atoms with Crippen LogP contribution >= 0.6 is 0 Å². The summed E-state index contributed by atoms with van der Waals surface area (Å²) in [6.07, 6.45) is 2.21. The van der Waals surface area contributed by atoms with Crippen LogP contribution in [-0.2, 0) is 6.42 Å². The summed E-state index contributed by atoms with van der Waals surface area (Å²) >= 11 is 0. The lowest BCUT2D eigenvalue weighted by Crippen LogP contribution is -2.04. The van der Waals surface area contributed by atoms with E-state index in [4.69, 9.17) is 5.73 Å². The van der Waals surface area contributed by atoms with Crippen LogP contribution in [0.4, 0.5) is 0 Å². The lowest BCUT2D eigenvalue weighted by molar-refractivity contribution is 0.713. The molecule has 1 atom stereocenters. The molecule has 2 aromatic carbocycles. The van der Waals surface area contributed by atoms with E-state index in [1.54, 1.807) is 0 Å². The molecule has 1 heteroatoms. The highest BCUT2D eigenvalue weighted by molar-refractivity contribution is 5.70. The van der Waals surface area contributed by atoms with Crippen LogP contribution in [0.2, 0.25) is 0 Å². The van der Waals surface area contributed by atoms with Crippen molar-refractivity contribution in [2.75, 3.05) is 0 Å². The highest BCUT2D eigenvalue weighted by atomic mass is 14.6. The predicted octanol–water partition coefficient (Wildman–Crippen LogP) is 4.22. The minimum Gasteiger partial charge on any atom is -0.324 e. The number of aryl methyl sites for hydroxylation is 4. The second-order valence-electron chi connectivity index (χ2n) is 5.81. The van der Waals surface area contributed by atoms with Gasteiger partial charge in [-0.3, -0.25) is 0 Å². The fourth-order valence-electron chi connectivity index (χ4n) is 3.09. The molecule has 0 amide bonds. The Morgan fingerprint density at radius 2 is 1.68 bits per heavy atom.